The zero-order chi connectivity index (χ0) is 14.1. The van der Waals surface area contributed by atoms with Gasteiger partial charge in [-0.1, -0.05) is 24.3 Å². The Morgan fingerprint density at radius 3 is 2.55 bits per heavy atom. The van der Waals surface area contributed by atoms with Gasteiger partial charge in [0.1, 0.15) is 11.5 Å². The molecule has 0 aliphatic rings. The van der Waals surface area contributed by atoms with E-state index in [-0.39, 0.29) is 11.7 Å². The van der Waals surface area contributed by atoms with Crippen LogP contribution in [-0.2, 0) is 0 Å². The molecule has 0 unspecified atom stereocenters. The van der Waals surface area contributed by atoms with Crippen LogP contribution in [-0.4, -0.2) is 17.9 Å². The smallest absolute Gasteiger partial charge is 0.274 e. The van der Waals surface area contributed by atoms with E-state index in [4.69, 9.17) is 0 Å². The molecule has 0 aliphatic heterocycles. The summed E-state index contributed by atoms with van der Waals surface area (Å²) in [4.78, 5) is 16.9. The molecule has 0 spiro atoms. The number of aromatic amines is 1. The Kier molecular flexibility index (Phi) is 2.99. The van der Waals surface area contributed by atoms with Gasteiger partial charge in [-0.25, -0.2) is 4.39 Å². The Morgan fingerprint density at radius 2 is 1.85 bits per heavy atom. The minimum atomic E-state index is -0.333. The van der Waals surface area contributed by atoms with E-state index >= 15 is 0 Å². The lowest BCUT2D eigenvalue weighted by atomic mass is 10.2. The van der Waals surface area contributed by atoms with Gasteiger partial charge in [0, 0.05) is 23.6 Å². The SMILES string of the molecule is CN(C(=O)c1cc2c(F)cccc2[nH]1)c1ccccc1. The van der Waals surface area contributed by atoms with E-state index in [1.807, 2.05) is 30.3 Å². The lowest BCUT2D eigenvalue weighted by Crippen LogP contribution is -2.26. The van der Waals surface area contributed by atoms with Gasteiger partial charge in [-0.15, -0.1) is 0 Å². The molecule has 3 aromatic rings. The van der Waals surface area contributed by atoms with Gasteiger partial charge in [-0.05, 0) is 30.3 Å². The maximum Gasteiger partial charge on any atom is 0.274 e. The molecule has 0 atom stereocenters. The predicted molar refractivity (Wildman–Crippen MR) is 77.4 cm³/mol. The van der Waals surface area contributed by atoms with Crippen LogP contribution in [0.2, 0.25) is 0 Å². The number of fused-ring (bicyclic) bond motifs is 1. The highest BCUT2D eigenvalue weighted by atomic mass is 19.1. The molecule has 0 saturated heterocycles. The van der Waals surface area contributed by atoms with Crippen molar-refractivity contribution in [1.29, 1.82) is 0 Å². The number of rotatable bonds is 2. The Labute approximate surface area is 115 Å². The highest BCUT2D eigenvalue weighted by molar-refractivity contribution is 6.07. The van der Waals surface area contributed by atoms with Gasteiger partial charge in [-0.2, -0.15) is 0 Å². The second-order valence-corrected chi connectivity index (χ2v) is 4.58. The zero-order valence-corrected chi connectivity index (χ0v) is 10.9. The first-order chi connectivity index (χ1) is 9.66. The number of para-hydroxylation sites is 1. The summed E-state index contributed by atoms with van der Waals surface area (Å²) in [7, 11) is 1.69. The van der Waals surface area contributed by atoms with Crippen molar-refractivity contribution in [2.24, 2.45) is 0 Å². The fourth-order valence-corrected chi connectivity index (χ4v) is 2.18. The standard InChI is InChI=1S/C16H13FN2O/c1-19(11-6-3-2-4-7-11)16(20)15-10-12-13(17)8-5-9-14(12)18-15/h2-10,18H,1H3. The Hall–Kier alpha value is -2.62. The van der Waals surface area contributed by atoms with Crippen molar-refractivity contribution < 1.29 is 9.18 Å². The van der Waals surface area contributed by atoms with Crippen LogP contribution in [0.3, 0.4) is 0 Å². The molecule has 0 saturated carbocycles. The van der Waals surface area contributed by atoms with Crippen LogP contribution in [0.1, 0.15) is 10.5 Å². The van der Waals surface area contributed by atoms with Gasteiger partial charge in [0.2, 0.25) is 0 Å². The first kappa shape index (κ1) is 12.4. The van der Waals surface area contributed by atoms with Gasteiger partial charge in [0.05, 0.1) is 0 Å². The van der Waals surface area contributed by atoms with Gasteiger partial charge in [0.25, 0.3) is 5.91 Å². The van der Waals surface area contributed by atoms with E-state index in [9.17, 15) is 9.18 Å². The maximum atomic E-state index is 13.6. The van der Waals surface area contributed by atoms with Crippen molar-refractivity contribution >= 4 is 22.5 Å². The third-order valence-corrected chi connectivity index (χ3v) is 3.29. The number of carbonyl (C=O) groups is 1. The summed E-state index contributed by atoms with van der Waals surface area (Å²) in [6, 6.07) is 15.6. The quantitative estimate of drug-likeness (QED) is 0.757. The number of nitrogens with zero attached hydrogens (tertiary/aromatic N) is 1. The van der Waals surface area contributed by atoms with Crippen molar-refractivity contribution in [1.82, 2.24) is 4.98 Å². The van der Waals surface area contributed by atoms with Crippen LogP contribution in [0.15, 0.2) is 54.6 Å². The first-order valence-electron chi connectivity index (χ1n) is 6.27. The lowest BCUT2D eigenvalue weighted by Gasteiger charge is -2.16. The number of carbonyl (C=O) groups excluding carboxylic acids is 1. The molecule has 20 heavy (non-hydrogen) atoms. The minimum absolute atomic E-state index is 0.202. The lowest BCUT2D eigenvalue weighted by molar-refractivity contribution is 0.0989. The number of hydrogen-bond donors (Lipinski definition) is 1. The summed E-state index contributed by atoms with van der Waals surface area (Å²) in [5, 5.41) is 0.428. The predicted octanol–water partition coefficient (Wildman–Crippen LogP) is 3.58. The summed E-state index contributed by atoms with van der Waals surface area (Å²) >= 11 is 0. The third kappa shape index (κ3) is 2.05. The van der Waals surface area contributed by atoms with Crippen molar-refractivity contribution in [2.45, 2.75) is 0 Å². The van der Waals surface area contributed by atoms with Gasteiger partial charge in [-0.3, -0.25) is 4.79 Å². The molecule has 3 nitrogen and oxygen atoms in total. The van der Waals surface area contributed by atoms with E-state index in [1.165, 1.54) is 11.0 Å². The van der Waals surface area contributed by atoms with E-state index in [1.54, 1.807) is 25.2 Å². The monoisotopic (exact) mass is 268 g/mol. The summed E-state index contributed by atoms with van der Waals surface area (Å²) in [5.74, 6) is -0.535. The van der Waals surface area contributed by atoms with Crippen LogP contribution < -0.4 is 4.90 Å². The molecule has 100 valence electrons. The molecule has 1 amide bonds. The number of nitrogens with one attached hydrogen (secondary N) is 1. The summed E-state index contributed by atoms with van der Waals surface area (Å²) in [5.41, 5.74) is 1.78. The van der Waals surface area contributed by atoms with Crippen LogP contribution in [0.5, 0.6) is 0 Å². The summed E-state index contributed by atoms with van der Waals surface area (Å²) in [6.45, 7) is 0. The number of H-pyrrole nitrogens is 1. The molecule has 0 fully saturated rings. The fraction of sp³-hybridized carbons (Fsp3) is 0.0625. The van der Waals surface area contributed by atoms with Crippen LogP contribution in [0.25, 0.3) is 10.9 Å². The molecule has 1 aromatic heterocycles. The zero-order valence-electron chi connectivity index (χ0n) is 10.9. The van der Waals surface area contributed by atoms with Crippen molar-refractivity contribution in [3.05, 3.63) is 66.1 Å². The minimum Gasteiger partial charge on any atom is -0.350 e. The normalized spacial score (nSPS) is 10.7. The van der Waals surface area contributed by atoms with Crippen molar-refractivity contribution in [3.63, 3.8) is 0 Å². The summed E-state index contributed by atoms with van der Waals surface area (Å²) in [6.07, 6.45) is 0. The average molecular weight is 268 g/mol. The second kappa shape index (κ2) is 4.81. The Bertz CT molecular complexity index is 765. The van der Waals surface area contributed by atoms with Gasteiger partial charge in [0.15, 0.2) is 0 Å². The molecular formula is C16H13FN2O. The molecule has 0 bridgehead atoms. The highest BCUT2D eigenvalue weighted by Crippen LogP contribution is 2.21. The van der Waals surface area contributed by atoms with E-state index in [0.29, 0.717) is 16.6 Å². The topological polar surface area (TPSA) is 36.1 Å². The molecule has 0 aliphatic carbocycles. The van der Waals surface area contributed by atoms with Crippen LogP contribution >= 0.6 is 0 Å². The molecule has 1 N–H and O–H groups in total. The average Bonchev–Trinajstić information content (AvgIpc) is 2.92. The summed E-state index contributed by atoms with van der Waals surface area (Å²) < 4.78 is 13.6. The fourth-order valence-electron chi connectivity index (χ4n) is 2.18. The van der Waals surface area contributed by atoms with Crippen molar-refractivity contribution in [3.8, 4) is 0 Å². The maximum absolute atomic E-state index is 13.6. The Balaban J connectivity index is 1.99. The third-order valence-electron chi connectivity index (χ3n) is 3.29. The van der Waals surface area contributed by atoms with Gasteiger partial charge < -0.3 is 9.88 Å². The number of amides is 1. The van der Waals surface area contributed by atoms with E-state index in [2.05, 4.69) is 4.98 Å². The van der Waals surface area contributed by atoms with Crippen LogP contribution in [0.4, 0.5) is 10.1 Å². The van der Waals surface area contributed by atoms with E-state index < -0.39 is 0 Å². The highest BCUT2D eigenvalue weighted by Gasteiger charge is 2.16. The number of anilines is 1. The molecular weight excluding hydrogens is 255 g/mol. The second-order valence-electron chi connectivity index (χ2n) is 4.58. The first-order valence-corrected chi connectivity index (χ1v) is 6.27. The largest absolute Gasteiger partial charge is 0.350 e. The molecule has 2 aromatic carbocycles. The number of halogens is 1. The van der Waals surface area contributed by atoms with Gasteiger partial charge >= 0.3 is 0 Å². The van der Waals surface area contributed by atoms with Crippen molar-refractivity contribution in [2.75, 3.05) is 11.9 Å². The molecule has 0 radical (unpaired) electrons. The van der Waals surface area contributed by atoms with Crippen LogP contribution in [0, 0.1) is 5.82 Å². The number of hydrogen-bond acceptors (Lipinski definition) is 1. The molecule has 1 heterocycles. The number of aromatic nitrogens is 1. The van der Waals surface area contributed by atoms with E-state index in [0.717, 1.165) is 5.69 Å². The number of benzene rings is 2. The molecule has 4 heteroatoms. The molecule has 3 rings (SSSR count). The Morgan fingerprint density at radius 1 is 1.10 bits per heavy atom.